The van der Waals surface area contributed by atoms with Crippen LogP contribution in [-0.2, 0) is 5.41 Å². The van der Waals surface area contributed by atoms with Gasteiger partial charge in [0.2, 0.25) is 0 Å². The van der Waals surface area contributed by atoms with Gasteiger partial charge in [0.1, 0.15) is 5.75 Å². The molecule has 112 valence electrons. The molecule has 3 N–H and O–H groups in total. The number of hydrogen-bond acceptors (Lipinski definition) is 2. The largest absolute Gasteiger partial charge is 0.497 e. The van der Waals surface area contributed by atoms with Gasteiger partial charge < -0.3 is 10.5 Å². The molecule has 3 atom stereocenters. The number of rotatable bonds is 3. The second kappa shape index (κ2) is 4.49. The van der Waals surface area contributed by atoms with Crippen molar-refractivity contribution in [3.05, 3.63) is 29.8 Å². The van der Waals surface area contributed by atoms with Crippen LogP contribution in [0.15, 0.2) is 24.3 Å². The molecule has 4 bridgehead atoms. The Hall–Kier alpha value is -1.51. The average molecular weight is 284 g/mol. The first-order valence-electron chi connectivity index (χ1n) is 8.11. The summed E-state index contributed by atoms with van der Waals surface area (Å²) in [6.45, 7) is 0. The summed E-state index contributed by atoms with van der Waals surface area (Å²) in [5.41, 5.74) is 7.55. The Bertz CT molecular complexity index is 551. The molecule has 0 saturated heterocycles. The molecule has 0 spiro atoms. The molecule has 3 unspecified atom stereocenters. The van der Waals surface area contributed by atoms with E-state index in [9.17, 15) is 0 Å². The first kappa shape index (κ1) is 13.2. The first-order valence-corrected chi connectivity index (χ1v) is 8.11. The number of methoxy groups -OCH3 is 1. The van der Waals surface area contributed by atoms with Crippen LogP contribution in [0.4, 0.5) is 0 Å². The summed E-state index contributed by atoms with van der Waals surface area (Å²) < 4.78 is 5.30. The molecule has 0 amide bonds. The highest BCUT2D eigenvalue weighted by Gasteiger charge is 2.58. The normalized spacial score (nSPS) is 40.2. The molecule has 21 heavy (non-hydrogen) atoms. The summed E-state index contributed by atoms with van der Waals surface area (Å²) >= 11 is 0. The third-order valence-electron chi connectivity index (χ3n) is 6.31. The minimum Gasteiger partial charge on any atom is -0.497 e. The van der Waals surface area contributed by atoms with Crippen LogP contribution in [0.25, 0.3) is 0 Å². The van der Waals surface area contributed by atoms with Crippen LogP contribution in [-0.4, -0.2) is 12.9 Å². The predicted octanol–water partition coefficient (Wildman–Crippen LogP) is 3.33. The summed E-state index contributed by atoms with van der Waals surface area (Å²) in [5.74, 6) is 3.90. The maximum absolute atomic E-state index is 8.17. The van der Waals surface area contributed by atoms with Crippen molar-refractivity contribution in [2.45, 2.75) is 37.5 Å². The van der Waals surface area contributed by atoms with E-state index in [0.717, 1.165) is 17.6 Å². The highest BCUT2D eigenvalue weighted by Crippen LogP contribution is 2.63. The second-order valence-corrected chi connectivity index (χ2v) is 7.43. The lowest BCUT2D eigenvalue weighted by Gasteiger charge is -2.61. The molecular weight excluding hydrogens is 260 g/mol. The molecule has 3 nitrogen and oxygen atoms in total. The van der Waals surface area contributed by atoms with E-state index in [1.54, 1.807) is 7.11 Å². The third-order valence-corrected chi connectivity index (χ3v) is 6.31. The van der Waals surface area contributed by atoms with Crippen molar-refractivity contribution in [2.75, 3.05) is 7.11 Å². The molecule has 0 radical (unpaired) electrons. The van der Waals surface area contributed by atoms with Crippen LogP contribution < -0.4 is 10.5 Å². The van der Waals surface area contributed by atoms with Gasteiger partial charge in [-0.15, -0.1) is 0 Å². The molecule has 4 fully saturated rings. The van der Waals surface area contributed by atoms with Gasteiger partial charge in [0, 0.05) is 11.3 Å². The summed E-state index contributed by atoms with van der Waals surface area (Å²) in [7, 11) is 1.71. The highest BCUT2D eigenvalue weighted by molar-refractivity contribution is 5.82. The van der Waals surface area contributed by atoms with Crippen LogP contribution in [0.5, 0.6) is 5.75 Å². The van der Waals surface area contributed by atoms with Crippen LogP contribution >= 0.6 is 0 Å². The Kier molecular flexibility index (Phi) is 2.82. The van der Waals surface area contributed by atoms with Crippen LogP contribution in [0.3, 0.4) is 0 Å². The molecular formula is C18H24N2O. The first-order chi connectivity index (χ1) is 10.1. The van der Waals surface area contributed by atoms with E-state index in [4.69, 9.17) is 15.9 Å². The maximum Gasteiger partial charge on any atom is 0.118 e. The second-order valence-electron chi connectivity index (χ2n) is 7.43. The maximum atomic E-state index is 8.17. The average Bonchev–Trinajstić information content (AvgIpc) is 2.45. The smallest absolute Gasteiger partial charge is 0.118 e. The van der Waals surface area contributed by atoms with E-state index in [-0.39, 0.29) is 11.3 Å². The van der Waals surface area contributed by atoms with Gasteiger partial charge in [-0.3, -0.25) is 5.41 Å². The van der Waals surface area contributed by atoms with Gasteiger partial charge >= 0.3 is 0 Å². The van der Waals surface area contributed by atoms with Gasteiger partial charge in [-0.1, -0.05) is 12.1 Å². The fourth-order valence-corrected chi connectivity index (χ4v) is 5.93. The molecule has 0 heterocycles. The lowest BCUT2D eigenvalue weighted by Crippen LogP contribution is -2.58. The Balaban J connectivity index is 1.79. The van der Waals surface area contributed by atoms with Crippen LogP contribution in [0, 0.1) is 29.1 Å². The molecule has 1 aromatic carbocycles. The lowest BCUT2D eigenvalue weighted by atomic mass is 9.43. The van der Waals surface area contributed by atoms with Crippen molar-refractivity contribution in [2.24, 2.45) is 29.4 Å². The fraction of sp³-hybridized carbons (Fsp3) is 0.611. The van der Waals surface area contributed by atoms with Crippen molar-refractivity contribution < 1.29 is 4.74 Å². The van der Waals surface area contributed by atoms with Crippen LogP contribution in [0.2, 0.25) is 0 Å². The Morgan fingerprint density at radius 3 is 2.29 bits per heavy atom. The molecule has 5 rings (SSSR count). The fourth-order valence-electron chi connectivity index (χ4n) is 5.93. The molecule has 3 heteroatoms. The minimum absolute atomic E-state index is 0.118. The summed E-state index contributed by atoms with van der Waals surface area (Å²) in [6.07, 6.45) is 6.42. The van der Waals surface area contributed by atoms with E-state index >= 15 is 0 Å². The monoisotopic (exact) mass is 284 g/mol. The van der Waals surface area contributed by atoms with Crippen molar-refractivity contribution >= 4 is 5.84 Å². The number of hydrogen-bond donors (Lipinski definition) is 2. The lowest BCUT2D eigenvalue weighted by molar-refractivity contribution is -0.0344. The van der Waals surface area contributed by atoms with Gasteiger partial charge in [0.05, 0.1) is 12.9 Å². The number of ether oxygens (including phenoxy) is 1. The van der Waals surface area contributed by atoms with Crippen molar-refractivity contribution in [3.8, 4) is 5.75 Å². The SMILES string of the molecule is COc1ccc(C23CC4CC(CC(C4)C2C(=N)N)C3)cc1. The van der Waals surface area contributed by atoms with E-state index in [1.165, 1.54) is 37.7 Å². The third kappa shape index (κ3) is 1.82. The standard InChI is InChI=1S/C18H24N2O/c1-21-15-4-2-14(3-5-15)18-9-11-6-12(10-18)8-13(7-11)16(18)17(19)20/h2-5,11-13,16H,6-10H2,1H3,(H3,19,20). The molecule has 0 aliphatic heterocycles. The Labute approximate surface area is 126 Å². The molecule has 1 aromatic rings. The van der Waals surface area contributed by atoms with Gasteiger partial charge in [-0.2, -0.15) is 0 Å². The molecule has 4 aliphatic rings. The van der Waals surface area contributed by atoms with Crippen molar-refractivity contribution in [3.63, 3.8) is 0 Å². The zero-order chi connectivity index (χ0) is 14.6. The van der Waals surface area contributed by atoms with Crippen LogP contribution in [0.1, 0.15) is 37.7 Å². The van der Waals surface area contributed by atoms with Gasteiger partial charge in [-0.05, 0) is 67.6 Å². The Morgan fingerprint density at radius 2 is 1.76 bits per heavy atom. The number of nitrogens with two attached hydrogens (primary N) is 1. The van der Waals surface area contributed by atoms with Gasteiger partial charge in [-0.25, -0.2) is 0 Å². The van der Waals surface area contributed by atoms with Crippen molar-refractivity contribution in [1.29, 1.82) is 5.41 Å². The summed E-state index contributed by atoms with van der Waals surface area (Å²) in [4.78, 5) is 0. The predicted molar refractivity (Wildman–Crippen MR) is 83.6 cm³/mol. The number of benzene rings is 1. The van der Waals surface area contributed by atoms with E-state index < -0.39 is 0 Å². The zero-order valence-corrected chi connectivity index (χ0v) is 12.6. The minimum atomic E-state index is 0.118. The topological polar surface area (TPSA) is 59.1 Å². The molecule has 4 aliphatic carbocycles. The van der Waals surface area contributed by atoms with Gasteiger partial charge in [0.25, 0.3) is 0 Å². The Morgan fingerprint density at radius 1 is 1.14 bits per heavy atom. The highest BCUT2D eigenvalue weighted by atomic mass is 16.5. The van der Waals surface area contributed by atoms with E-state index in [1.807, 2.05) is 0 Å². The van der Waals surface area contributed by atoms with E-state index in [2.05, 4.69) is 24.3 Å². The van der Waals surface area contributed by atoms with Crippen molar-refractivity contribution in [1.82, 2.24) is 0 Å². The number of amidine groups is 1. The summed E-state index contributed by atoms with van der Waals surface area (Å²) in [6, 6.07) is 8.54. The van der Waals surface area contributed by atoms with E-state index in [0.29, 0.717) is 11.8 Å². The zero-order valence-electron chi connectivity index (χ0n) is 12.6. The quantitative estimate of drug-likeness (QED) is 0.660. The summed E-state index contributed by atoms with van der Waals surface area (Å²) in [5, 5.41) is 8.17. The molecule has 4 saturated carbocycles. The molecule has 0 aromatic heterocycles. The number of nitrogens with one attached hydrogen (secondary N) is 1. The van der Waals surface area contributed by atoms with Gasteiger partial charge in [0.15, 0.2) is 0 Å².